The normalized spacial score (nSPS) is 19.4. The molecule has 1 N–H and O–H groups in total. The van der Waals surface area contributed by atoms with Gasteiger partial charge in [0.2, 0.25) is 0 Å². The van der Waals surface area contributed by atoms with E-state index >= 15 is 0 Å². The van der Waals surface area contributed by atoms with Crippen molar-refractivity contribution in [2.24, 2.45) is 0 Å². The fraction of sp³-hybridized carbons (Fsp3) is 0.667. The summed E-state index contributed by atoms with van der Waals surface area (Å²) >= 11 is 0. The van der Waals surface area contributed by atoms with Crippen LogP contribution in [0.3, 0.4) is 0 Å². The third kappa shape index (κ3) is 4.13. The second-order valence-electron chi connectivity index (χ2n) is 6.29. The van der Waals surface area contributed by atoms with Crippen LogP contribution in [0.2, 0.25) is 0 Å². The van der Waals surface area contributed by atoms with E-state index in [0.29, 0.717) is 0 Å². The van der Waals surface area contributed by atoms with Gasteiger partial charge in [0.05, 0.1) is 12.3 Å². The van der Waals surface area contributed by atoms with E-state index in [4.69, 9.17) is 4.74 Å². The van der Waals surface area contributed by atoms with Crippen molar-refractivity contribution in [3.8, 4) is 5.75 Å². The van der Waals surface area contributed by atoms with Gasteiger partial charge in [-0.25, -0.2) is 0 Å². The van der Waals surface area contributed by atoms with Crippen molar-refractivity contribution < 1.29 is 4.74 Å². The summed E-state index contributed by atoms with van der Waals surface area (Å²) in [6, 6.07) is 7.52. The molecule has 21 heavy (non-hydrogen) atoms. The number of rotatable bonds is 6. The standard InChI is InChI=1S/C18H28N2O/c1-2-21-18-13-15(14-19-16-8-9-16)7-10-17(18)20-11-5-3-4-6-12-20/h7,10,13,16,19H,2-6,8-9,11-12,14H2,1H3. The minimum Gasteiger partial charge on any atom is -0.492 e. The summed E-state index contributed by atoms with van der Waals surface area (Å²) in [6.07, 6.45) is 8.01. The van der Waals surface area contributed by atoms with E-state index in [2.05, 4.69) is 35.3 Å². The van der Waals surface area contributed by atoms with Crippen LogP contribution in [0, 0.1) is 0 Å². The number of benzene rings is 1. The lowest BCUT2D eigenvalue weighted by Gasteiger charge is -2.25. The molecule has 0 unspecified atom stereocenters. The summed E-state index contributed by atoms with van der Waals surface area (Å²) in [4.78, 5) is 2.51. The molecule has 0 bridgehead atoms. The van der Waals surface area contributed by atoms with Crippen LogP contribution in [-0.2, 0) is 6.54 Å². The van der Waals surface area contributed by atoms with E-state index in [9.17, 15) is 0 Å². The maximum atomic E-state index is 5.92. The molecule has 116 valence electrons. The Morgan fingerprint density at radius 3 is 2.57 bits per heavy atom. The topological polar surface area (TPSA) is 24.5 Å². The van der Waals surface area contributed by atoms with Gasteiger partial charge in [-0.2, -0.15) is 0 Å². The molecule has 0 atom stereocenters. The van der Waals surface area contributed by atoms with Crippen LogP contribution in [-0.4, -0.2) is 25.7 Å². The van der Waals surface area contributed by atoms with Gasteiger partial charge in [-0.3, -0.25) is 0 Å². The van der Waals surface area contributed by atoms with Gasteiger partial charge < -0.3 is 15.0 Å². The fourth-order valence-electron chi connectivity index (χ4n) is 3.06. The van der Waals surface area contributed by atoms with Gasteiger partial charge in [0.25, 0.3) is 0 Å². The maximum Gasteiger partial charge on any atom is 0.142 e. The summed E-state index contributed by atoms with van der Waals surface area (Å²) in [5.41, 5.74) is 2.62. The highest BCUT2D eigenvalue weighted by atomic mass is 16.5. The molecule has 1 heterocycles. The number of hydrogen-bond acceptors (Lipinski definition) is 3. The molecule has 1 saturated heterocycles. The zero-order valence-electron chi connectivity index (χ0n) is 13.2. The SMILES string of the molecule is CCOc1cc(CNC2CC2)ccc1N1CCCCCC1. The number of nitrogens with zero attached hydrogens (tertiary/aromatic N) is 1. The monoisotopic (exact) mass is 288 g/mol. The Morgan fingerprint density at radius 2 is 1.90 bits per heavy atom. The van der Waals surface area contributed by atoms with Crippen LogP contribution in [0.15, 0.2) is 18.2 Å². The summed E-state index contributed by atoms with van der Waals surface area (Å²) in [7, 11) is 0. The van der Waals surface area contributed by atoms with Gasteiger partial charge in [0.1, 0.15) is 5.75 Å². The first-order chi connectivity index (χ1) is 10.4. The second kappa shape index (κ2) is 7.17. The summed E-state index contributed by atoms with van der Waals surface area (Å²) in [5.74, 6) is 1.06. The fourth-order valence-corrected chi connectivity index (χ4v) is 3.06. The zero-order valence-corrected chi connectivity index (χ0v) is 13.2. The highest BCUT2D eigenvalue weighted by Gasteiger charge is 2.20. The molecular weight excluding hydrogens is 260 g/mol. The third-order valence-corrected chi connectivity index (χ3v) is 4.44. The lowest BCUT2D eigenvalue weighted by atomic mass is 10.1. The van der Waals surface area contributed by atoms with Crippen molar-refractivity contribution in [3.63, 3.8) is 0 Å². The first-order valence-electron chi connectivity index (χ1n) is 8.61. The Labute approximate surface area is 128 Å². The lowest BCUT2D eigenvalue weighted by molar-refractivity contribution is 0.340. The van der Waals surface area contributed by atoms with Gasteiger partial charge in [-0.05, 0) is 50.3 Å². The maximum absolute atomic E-state index is 5.92. The van der Waals surface area contributed by atoms with E-state index in [1.54, 1.807) is 0 Å². The molecule has 0 amide bonds. The van der Waals surface area contributed by atoms with Crippen LogP contribution >= 0.6 is 0 Å². The molecule has 0 aromatic heterocycles. The first-order valence-corrected chi connectivity index (χ1v) is 8.61. The zero-order chi connectivity index (χ0) is 14.5. The Hall–Kier alpha value is -1.22. The van der Waals surface area contributed by atoms with Crippen LogP contribution < -0.4 is 15.0 Å². The average molecular weight is 288 g/mol. The Morgan fingerprint density at radius 1 is 1.14 bits per heavy atom. The van der Waals surface area contributed by atoms with E-state index in [0.717, 1.165) is 24.9 Å². The van der Waals surface area contributed by atoms with Gasteiger partial charge in [-0.1, -0.05) is 18.9 Å². The predicted molar refractivity (Wildman–Crippen MR) is 88.2 cm³/mol. The van der Waals surface area contributed by atoms with E-state index in [1.807, 2.05) is 0 Å². The van der Waals surface area contributed by atoms with Crippen molar-refractivity contribution in [2.75, 3.05) is 24.6 Å². The lowest BCUT2D eigenvalue weighted by Crippen LogP contribution is -2.24. The Balaban J connectivity index is 1.73. The first kappa shape index (κ1) is 14.7. The highest BCUT2D eigenvalue weighted by Crippen LogP contribution is 2.31. The van der Waals surface area contributed by atoms with Crippen molar-refractivity contribution >= 4 is 5.69 Å². The smallest absolute Gasteiger partial charge is 0.142 e. The molecule has 2 fully saturated rings. The van der Waals surface area contributed by atoms with E-state index < -0.39 is 0 Å². The molecule has 3 nitrogen and oxygen atoms in total. The highest BCUT2D eigenvalue weighted by molar-refractivity contribution is 5.60. The van der Waals surface area contributed by atoms with Gasteiger partial charge >= 0.3 is 0 Å². The quantitative estimate of drug-likeness (QED) is 0.863. The molecule has 1 aliphatic carbocycles. The molecule has 1 aromatic carbocycles. The van der Waals surface area contributed by atoms with Crippen molar-refractivity contribution in [3.05, 3.63) is 23.8 Å². The van der Waals surface area contributed by atoms with Crippen molar-refractivity contribution in [2.45, 2.75) is 58.0 Å². The summed E-state index contributed by atoms with van der Waals surface area (Å²) < 4.78 is 5.92. The number of anilines is 1. The molecule has 0 radical (unpaired) electrons. The Kier molecular flexibility index (Phi) is 5.02. The minimum atomic E-state index is 0.736. The second-order valence-corrected chi connectivity index (χ2v) is 6.29. The molecule has 1 aliphatic heterocycles. The molecular formula is C18H28N2O. The molecule has 1 aromatic rings. The number of hydrogen-bond donors (Lipinski definition) is 1. The molecule has 2 aliphatic rings. The summed E-state index contributed by atoms with van der Waals surface area (Å²) in [6.45, 7) is 6.10. The molecule has 1 saturated carbocycles. The van der Waals surface area contributed by atoms with Crippen LogP contribution in [0.25, 0.3) is 0 Å². The number of nitrogens with one attached hydrogen (secondary N) is 1. The number of ether oxygens (including phenoxy) is 1. The van der Waals surface area contributed by atoms with E-state index in [-0.39, 0.29) is 0 Å². The van der Waals surface area contributed by atoms with Gasteiger partial charge in [0, 0.05) is 25.7 Å². The van der Waals surface area contributed by atoms with Crippen LogP contribution in [0.5, 0.6) is 5.75 Å². The summed E-state index contributed by atoms with van der Waals surface area (Å²) in [5, 5.41) is 3.58. The minimum absolute atomic E-state index is 0.736. The Bertz CT molecular complexity index is 449. The molecule has 0 spiro atoms. The van der Waals surface area contributed by atoms with Crippen molar-refractivity contribution in [1.82, 2.24) is 5.32 Å². The van der Waals surface area contributed by atoms with Gasteiger partial charge in [-0.15, -0.1) is 0 Å². The molecule has 3 rings (SSSR count). The van der Waals surface area contributed by atoms with Gasteiger partial charge in [0.15, 0.2) is 0 Å². The third-order valence-electron chi connectivity index (χ3n) is 4.44. The van der Waals surface area contributed by atoms with E-state index in [1.165, 1.54) is 62.9 Å². The molecule has 3 heteroatoms. The average Bonchev–Trinajstić information content (AvgIpc) is 3.33. The largest absolute Gasteiger partial charge is 0.492 e. The predicted octanol–water partition coefficient (Wildman–Crippen LogP) is 3.72. The van der Waals surface area contributed by atoms with Crippen LogP contribution in [0.1, 0.15) is 51.0 Å². The van der Waals surface area contributed by atoms with Crippen LogP contribution in [0.4, 0.5) is 5.69 Å². The van der Waals surface area contributed by atoms with Crippen molar-refractivity contribution in [1.29, 1.82) is 0 Å².